The maximum atomic E-state index is 11.8. The molecule has 1 aromatic carbocycles. The van der Waals surface area contributed by atoms with Crippen molar-refractivity contribution < 1.29 is 4.79 Å². The molecule has 108 valence electrons. The van der Waals surface area contributed by atoms with E-state index >= 15 is 0 Å². The quantitative estimate of drug-likeness (QED) is 0.911. The summed E-state index contributed by atoms with van der Waals surface area (Å²) in [7, 11) is 0. The summed E-state index contributed by atoms with van der Waals surface area (Å²) in [5.41, 5.74) is 1.01. The molecule has 20 heavy (non-hydrogen) atoms. The third-order valence-corrected chi connectivity index (χ3v) is 4.45. The van der Waals surface area contributed by atoms with Gasteiger partial charge in [-0.25, -0.2) is 4.98 Å². The van der Waals surface area contributed by atoms with Gasteiger partial charge in [0.15, 0.2) is 0 Å². The molecule has 0 radical (unpaired) electrons. The van der Waals surface area contributed by atoms with Gasteiger partial charge in [-0.1, -0.05) is 12.1 Å². The van der Waals surface area contributed by atoms with E-state index in [9.17, 15) is 4.79 Å². The van der Waals surface area contributed by atoms with E-state index in [1.807, 2.05) is 18.2 Å². The van der Waals surface area contributed by atoms with Gasteiger partial charge in [-0.15, -0.1) is 23.7 Å². The fourth-order valence-corrected chi connectivity index (χ4v) is 3.30. The van der Waals surface area contributed by atoms with E-state index in [1.54, 1.807) is 11.3 Å². The summed E-state index contributed by atoms with van der Waals surface area (Å²) in [6.07, 6.45) is 1.73. The number of fused-ring (bicyclic) bond motifs is 1. The van der Waals surface area contributed by atoms with Crippen LogP contribution in [-0.2, 0) is 11.3 Å². The second-order valence-corrected chi connectivity index (χ2v) is 6.03. The molecular weight excluding hydrogens is 294 g/mol. The Morgan fingerprint density at radius 2 is 2.30 bits per heavy atom. The molecule has 1 aliphatic heterocycles. The average molecular weight is 312 g/mol. The number of benzene rings is 1. The zero-order valence-electron chi connectivity index (χ0n) is 11.1. The highest BCUT2D eigenvalue weighted by molar-refractivity contribution is 7.18. The molecule has 6 heteroatoms. The number of aromatic nitrogens is 1. The Morgan fingerprint density at radius 1 is 1.45 bits per heavy atom. The van der Waals surface area contributed by atoms with Crippen molar-refractivity contribution >= 4 is 39.9 Å². The minimum Gasteiger partial charge on any atom is -0.350 e. The Morgan fingerprint density at radius 3 is 3.05 bits per heavy atom. The van der Waals surface area contributed by atoms with E-state index < -0.39 is 0 Å². The van der Waals surface area contributed by atoms with E-state index in [0.29, 0.717) is 18.9 Å². The van der Waals surface area contributed by atoms with Crippen molar-refractivity contribution in [1.29, 1.82) is 0 Å². The zero-order chi connectivity index (χ0) is 13.1. The number of halogens is 1. The highest BCUT2D eigenvalue weighted by atomic mass is 35.5. The predicted octanol–water partition coefficient (Wildman–Crippen LogP) is 2.33. The molecule has 0 saturated carbocycles. The van der Waals surface area contributed by atoms with Crippen molar-refractivity contribution in [2.75, 3.05) is 13.1 Å². The first-order valence-corrected chi connectivity index (χ1v) is 7.45. The van der Waals surface area contributed by atoms with Crippen LogP contribution >= 0.6 is 23.7 Å². The molecule has 1 atom stereocenters. The number of nitrogens with one attached hydrogen (secondary N) is 2. The molecule has 0 spiro atoms. The molecule has 0 aliphatic carbocycles. The number of nitrogens with zero attached hydrogens (tertiary/aromatic N) is 1. The van der Waals surface area contributed by atoms with Crippen molar-refractivity contribution in [3.05, 3.63) is 29.3 Å². The Bertz CT molecular complexity index is 548. The van der Waals surface area contributed by atoms with Gasteiger partial charge in [0.1, 0.15) is 5.01 Å². The monoisotopic (exact) mass is 311 g/mol. The lowest BCUT2D eigenvalue weighted by atomic mass is 10.0. The molecule has 1 saturated heterocycles. The average Bonchev–Trinajstić information content (AvgIpc) is 3.04. The van der Waals surface area contributed by atoms with E-state index in [0.717, 1.165) is 30.0 Å². The topological polar surface area (TPSA) is 54.0 Å². The molecule has 3 rings (SSSR count). The summed E-state index contributed by atoms with van der Waals surface area (Å²) in [4.78, 5) is 16.3. The van der Waals surface area contributed by atoms with Crippen LogP contribution < -0.4 is 10.6 Å². The number of hydrogen-bond acceptors (Lipinski definition) is 4. The smallest absolute Gasteiger partial charge is 0.220 e. The molecular formula is C14H18ClN3OS. The maximum absolute atomic E-state index is 11.8. The second-order valence-electron chi connectivity index (χ2n) is 4.92. The number of para-hydroxylation sites is 1. The van der Waals surface area contributed by atoms with Gasteiger partial charge in [-0.3, -0.25) is 4.79 Å². The fraction of sp³-hybridized carbons (Fsp3) is 0.429. The number of hydrogen-bond donors (Lipinski definition) is 2. The van der Waals surface area contributed by atoms with Crippen LogP contribution in [0.5, 0.6) is 0 Å². The first kappa shape index (κ1) is 15.2. The largest absolute Gasteiger partial charge is 0.350 e. The second kappa shape index (κ2) is 7.02. The minimum absolute atomic E-state index is 0. The van der Waals surface area contributed by atoms with Gasteiger partial charge < -0.3 is 10.6 Å². The number of carbonyl (C=O) groups is 1. The highest BCUT2D eigenvalue weighted by Gasteiger charge is 2.17. The zero-order valence-corrected chi connectivity index (χ0v) is 12.7. The van der Waals surface area contributed by atoms with Crippen molar-refractivity contribution in [2.24, 2.45) is 5.92 Å². The van der Waals surface area contributed by atoms with Crippen LogP contribution in [0.3, 0.4) is 0 Å². The summed E-state index contributed by atoms with van der Waals surface area (Å²) in [6.45, 7) is 2.54. The molecule has 4 nitrogen and oxygen atoms in total. The third-order valence-electron chi connectivity index (χ3n) is 3.41. The summed E-state index contributed by atoms with van der Waals surface area (Å²) in [6, 6.07) is 8.05. The fourth-order valence-electron chi connectivity index (χ4n) is 2.39. The SMILES string of the molecule is Cl.O=C(CC1CCNC1)NCc1nc2ccccc2s1. The number of carbonyl (C=O) groups excluding carboxylic acids is 1. The van der Waals surface area contributed by atoms with Gasteiger partial charge in [0, 0.05) is 6.42 Å². The number of rotatable bonds is 4. The third kappa shape index (κ3) is 3.69. The first-order chi connectivity index (χ1) is 9.31. The standard InChI is InChI=1S/C14H17N3OS.ClH/c18-13(7-10-5-6-15-8-10)16-9-14-17-11-3-1-2-4-12(11)19-14;/h1-4,10,15H,5-9H2,(H,16,18);1H. The lowest BCUT2D eigenvalue weighted by molar-refractivity contribution is -0.122. The van der Waals surface area contributed by atoms with Crippen molar-refractivity contribution in [2.45, 2.75) is 19.4 Å². The van der Waals surface area contributed by atoms with Crippen molar-refractivity contribution in [3.63, 3.8) is 0 Å². The summed E-state index contributed by atoms with van der Waals surface area (Å²) in [5, 5.41) is 7.22. The van der Waals surface area contributed by atoms with Crippen LogP contribution in [0, 0.1) is 5.92 Å². The van der Waals surface area contributed by atoms with Gasteiger partial charge in [-0.05, 0) is 37.6 Å². The predicted molar refractivity (Wildman–Crippen MR) is 84.3 cm³/mol. The lowest BCUT2D eigenvalue weighted by Crippen LogP contribution is -2.25. The van der Waals surface area contributed by atoms with Crippen LogP contribution in [-0.4, -0.2) is 24.0 Å². The highest BCUT2D eigenvalue weighted by Crippen LogP contribution is 2.21. The van der Waals surface area contributed by atoms with E-state index in [2.05, 4.69) is 21.7 Å². The van der Waals surface area contributed by atoms with Gasteiger partial charge in [0.25, 0.3) is 0 Å². The molecule has 1 unspecified atom stereocenters. The molecule has 1 aliphatic rings. The van der Waals surface area contributed by atoms with Gasteiger partial charge >= 0.3 is 0 Å². The molecule has 1 aromatic heterocycles. The Hall–Kier alpha value is -1.17. The van der Waals surface area contributed by atoms with E-state index in [1.165, 1.54) is 4.70 Å². The molecule has 0 bridgehead atoms. The maximum Gasteiger partial charge on any atom is 0.220 e. The van der Waals surface area contributed by atoms with Crippen LogP contribution in [0.2, 0.25) is 0 Å². The van der Waals surface area contributed by atoms with Gasteiger partial charge in [-0.2, -0.15) is 0 Å². The lowest BCUT2D eigenvalue weighted by Gasteiger charge is -2.07. The molecule has 2 aromatic rings. The summed E-state index contributed by atoms with van der Waals surface area (Å²) >= 11 is 1.64. The normalized spacial score (nSPS) is 17.9. The van der Waals surface area contributed by atoms with Gasteiger partial charge in [0.2, 0.25) is 5.91 Å². The Balaban J connectivity index is 0.00000147. The van der Waals surface area contributed by atoms with E-state index in [-0.39, 0.29) is 18.3 Å². The van der Waals surface area contributed by atoms with Crippen LogP contribution in [0.1, 0.15) is 17.8 Å². The van der Waals surface area contributed by atoms with Crippen LogP contribution in [0.15, 0.2) is 24.3 Å². The first-order valence-electron chi connectivity index (χ1n) is 6.63. The van der Waals surface area contributed by atoms with Gasteiger partial charge in [0.05, 0.1) is 16.8 Å². The molecule has 1 amide bonds. The molecule has 1 fully saturated rings. The van der Waals surface area contributed by atoms with Crippen LogP contribution in [0.25, 0.3) is 10.2 Å². The van der Waals surface area contributed by atoms with Crippen molar-refractivity contribution in [1.82, 2.24) is 15.6 Å². The molecule has 2 heterocycles. The Kier molecular flexibility index (Phi) is 5.34. The molecule has 2 N–H and O–H groups in total. The minimum atomic E-state index is 0. The number of amides is 1. The van der Waals surface area contributed by atoms with E-state index in [4.69, 9.17) is 0 Å². The number of thiazole rings is 1. The van der Waals surface area contributed by atoms with Crippen LogP contribution in [0.4, 0.5) is 0 Å². The van der Waals surface area contributed by atoms with Crippen molar-refractivity contribution in [3.8, 4) is 0 Å². The summed E-state index contributed by atoms with van der Waals surface area (Å²) < 4.78 is 1.17. The summed E-state index contributed by atoms with van der Waals surface area (Å²) in [5.74, 6) is 0.628. The Labute approximate surface area is 128 Å².